The summed E-state index contributed by atoms with van der Waals surface area (Å²) in [5, 5.41) is 0. The number of rotatable bonds is 12. The number of epoxide rings is 1. The average Bonchev–Trinajstić information content (AvgIpc) is 3.44. The third-order valence-corrected chi connectivity index (χ3v) is 4.07. The van der Waals surface area contributed by atoms with Crippen LogP contribution < -0.4 is 4.74 Å². The molecular formula is C21H28O4. The Morgan fingerprint density at radius 1 is 1.40 bits per heavy atom. The highest BCUT2D eigenvalue weighted by Crippen LogP contribution is 2.17. The summed E-state index contributed by atoms with van der Waals surface area (Å²) in [5.74, 6) is 1.37. The molecule has 1 aliphatic rings. The first-order valence-corrected chi connectivity index (χ1v) is 8.88. The quantitative estimate of drug-likeness (QED) is 0.247. The number of hydrogen-bond donors (Lipinski definition) is 0. The molecule has 0 N–H and O–H groups in total. The van der Waals surface area contributed by atoms with Crippen molar-refractivity contribution in [2.45, 2.75) is 32.8 Å². The highest BCUT2D eigenvalue weighted by atomic mass is 16.6. The lowest BCUT2D eigenvalue weighted by Gasteiger charge is -2.07. The zero-order valence-corrected chi connectivity index (χ0v) is 15.2. The maximum absolute atomic E-state index is 12.3. The van der Waals surface area contributed by atoms with Crippen molar-refractivity contribution in [1.82, 2.24) is 0 Å². The molecule has 0 aliphatic carbocycles. The minimum atomic E-state index is 0.0484. The molecule has 0 radical (unpaired) electrons. The first kappa shape index (κ1) is 19.4. The van der Waals surface area contributed by atoms with E-state index in [1.807, 2.05) is 24.3 Å². The molecule has 0 saturated carbocycles. The second-order valence-electron chi connectivity index (χ2n) is 6.50. The van der Waals surface area contributed by atoms with E-state index in [0.29, 0.717) is 31.1 Å². The molecule has 0 aromatic heterocycles. The second-order valence-corrected chi connectivity index (χ2v) is 6.50. The molecule has 0 bridgehead atoms. The molecule has 4 heteroatoms. The summed E-state index contributed by atoms with van der Waals surface area (Å²) in [4.78, 5) is 12.3. The van der Waals surface area contributed by atoms with Crippen LogP contribution in [0.3, 0.4) is 0 Å². The Balaban J connectivity index is 1.69. The molecular weight excluding hydrogens is 316 g/mol. The monoisotopic (exact) mass is 344 g/mol. The summed E-state index contributed by atoms with van der Waals surface area (Å²) in [6, 6.07) is 7.21. The maximum Gasteiger partial charge on any atom is 0.167 e. The Morgan fingerprint density at radius 2 is 2.12 bits per heavy atom. The molecule has 1 fully saturated rings. The molecule has 25 heavy (non-hydrogen) atoms. The Labute approximate surface area is 150 Å². The van der Waals surface area contributed by atoms with Crippen LogP contribution in [0, 0.1) is 5.92 Å². The fraction of sp³-hybridized carbons (Fsp3) is 0.476. The molecule has 2 unspecified atom stereocenters. The normalized spacial score (nSPS) is 17.4. The third kappa shape index (κ3) is 7.67. The number of hydrogen-bond acceptors (Lipinski definition) is 4. The molecule has 0 amide bonds. The van der Waals surface area contributed by atoms with Gasteiger partial charge in [-0.25, -0.2) is 0 Å². The van der Waals surface area contributed by atoms with Gasteiger partial charge in [-0.3, -0.25) is 4.79 Å². The zero-order valence-electron chi connectivity index (χ0n) is 15.2. The highest BCUT2D eigenvalue weighted by Gasteiger charge is 2.23. The summed E-state index contributed by atoms with van der Waals surface area (Å²) in [6.45, 7) is 10.9. The average molecular weight is 344 g/mol. The number of benzene rings is 1. The van der Waals surface area contributed by atoms with Crippen LogP contribution in [0.2, 0.25) is 0 Å². The van der Waals surface area contributed by atoms with Crippen molar-refractivity contribution in [2.24, 2.45) is 5.92 Å². The van der Waals surface area contributed by atoms with Gasteiger partial charge in [-0.2, -0.15) is 0 Å². The van der Waals surface area contributed by atoms with Gasteiger partial charge < -0.3 is 14.2 Å². The molecule has 1 aliphatic heterocycles. The first-order chi connectivity index (χ1) is 12.1. The number of carbonyl (C=O) groups is 1. The molecule has 136 valence electrons. The topological polar surface area (TPSA) is 48.1 Å². The second kappa shape index (κ2) is 10.2. The van der Waals surface area contributed by atoms with Crippen molar-refractivity contribution < 1.29 is 19.0 Å². The summed E-state index contributed by atoms with van der Waals surface area (Å²) in [5.41, 5.74) is 1.45. The lowest BCUT2D eigenvalue weighted by molar-refractivity contribution is 0.0993. The van der Waals surface area contributed by atoms with Crippen LogP contribution in [0.1, 0.15) is 37.0 Å². The standard InChI is InChI=1S/C21H28O4/c1-4-16(2)13-23-11-5-6-17(3)12-21(22)18-7-9-19(10-8-18)24-14-20-15-25-20/h5-10,16,20H,3-4,11-15H2,1-2H3/b6-5-. The lowest BCUT2D eigenvalue weighted by Crippen LogP contribution is -2.05. The predicted octanol–water partition coefficient (Wildman–Crippen LogP) is 4.21. The van der Waals surface area contributed by atoms with E-state index in [2.05, 4.69) is 20.4 Å². The number of ether oxygens (including phenoxy) is 3. The molecule has 2 rings (SSSR count). The summed E-state index contributed by atoms with van der Waals surface area (Å²) in [6.07, 6.45) is 5.42. The van der Waals surface area contributed by atoms with E-state index in [1.165, 1.54) is 0 Å². The van der Waals surface area contributed by atoms with Crippen LogP contribution in [0.5, 0.6) is 5.75 Å². The summed E-state index contributed by atoms with van der Waals surface area (Å²) in [7, 11) is 0. The van der Waals surface area contributed by atoms with Crippen LogP contribution in [0.25, 0.3) is 0 Å². The van der Waals surface area contributed by atoms with Gasteiger partial charge in [-0.15, -0.1) is 0 Å². The molecule has 0 spiro atoms. The van der Waals surface area contributed by atoms with E-state index < -0.39 is 0 Å². The number of carbonyl (C=O) groups excluding carboxylic acids is 1. The fourth-order valence-corrected chi connectivity index (χ4v) is 2.13. The molecule has 1 heterocycles. The van der Waals surface area contributed by atoms with Gasteiger partial charge in [0.1, 0.15) is 18.5 Å². The summed E-state index contributed by atoms with van der Waals surface area (Å²) < 4.78 is 16.2. The maximum atomic E-state index is 12.3. The molecule has 1 aromatic rings. The van der Waals surface area contributed by atoms with Gasteiger partial charge in [-0.1, -0.05) is 39.0 Å². The van der Waals surface area contributed by atoms with Crippen molar-refractivity contribution in [3.05, 3.63) is 54.1 Å². The van der Waals surface area contributed by atoms with E-state index >= 15 is 0 Å². The van der Waals surface area contributed by atoms with Gasteiger partial charge in [0.05, 0.1) is 13.2 Å². The van der Waals surface area contributed by atoms with Crippen molar-refractivity contribution in [1.29, 1.82) is 0 Å². The fourth-order valence-electron chi connectivity index (χ4n) is 2.13. The van der Waals surface area contributed by atoms with Gasteiger partial charge >= 0.3 is 0 Å². The van der Waals surface area contributed by atoms with Crippen LogP contribution >= 0.6 is 0 Å². The smallest absolute Gasteiger partial charge is 0.167 e. The SMILES string of the molecule is C=C(/C=C\COCC(C)CC)CC(=O)c1ccc(OCC2CO2)cc1. The zero-order chi connectivity index (χ0) is 18.1. The minimum Gasteiger partial charge on any atom is -0.491 e. The predicted molar refractivity (Wildman–Crippen MR) is 99.2 cm³/mol. The van der Waals surface area contributed by atoms with Crippen molar-refractivity contribution in [2.75, 3.05) is 26.4 Å². The van der Waals surface area contributed by atoms with E-state index in [9.17, 15) is 4.79 Å². The Morgan fingerprint density at radius 3 is 2.76 bits per heavy atom. The molecule has 1 aromatic carbocycles. The van der Waals surface area contributed by atoms with E-state index in [0.717, 1.165) is 31.0 Å². The highest BCUT2D eigenvalue weighted by molar-refractivity contribution is 5.97. The lowest BCUT2D eigenvalue weighted by atomic mass is 10.0. The van der Waals surface area contributed by atoms with Gasteiger partial charge in [0, 0.05) is 18.6 Å². The molecule has 1 saturated heterocycles. The first-order valence-electron chi connectivity index (χ1n) is 8.88. The van der Waals surface area contributed by atoms with Crippen LogP contribution in [-0.2, 0) is 9.47 Å². The van der Waals surface area contributed by atoms with Crippen molar-refractivity contribution in [3.63, 3.8) is 0 Å². The Kier molecular flexibility index (Phi) is 7.89. The van der Waals surface area contributed by atoms with Crippen LogP contribution in [-0.4, -0.2) is 38.3 Å². The van der Waals surface area contributed by atoms with Crippen LogP contribution in [0.15, 0.2) is 48.6 Å². The van der Waals surface area contributed by atoms with Crippen LogP contribution in [0.4, 0.5) is 0 Å². The largest absolute Gasteiger partial charge is 0.491 e. The van der Waals surface area contributed by atoms with E-state index in [1.54, 1.807) is 12.1 Å². The number of ketones is 1. The Hall–Kier alpha value is -1.91. The molecule has 2 atom stereocenters. The van der Waals surface area contributed by atoms with Gasteiger partial charge in [0.2, 0.25) is 0 Å². The minimum absolute atomic E-state index is 0.0484. The van der Waals surface area contributed by atoms with E-state index in [4.69, 9.17) is 14.2 Å². The molecule has 4 nitrogen and oxygen atoms in total. The van der Waals surface area contributed by atoms with Crippen molar-refractivity contribution in [3.8, 4) is 5.75 Å². The van der Waals surface area contributed by atoms with Gasteiger partial charge in [0.15, 0.2) is 5.78 Å². The third-order valence-electron chi connectivity index (χ3n) is 4.07. The summed E-state index contributed by atoms with van der Waals surface area (Å²) >= 11 is 0. The number of Topliss-reactive ketones (excluding diaryl/α,β-unsaturated/α-hetero) is 1. The number of allylic oxidation sites excluding steroid dienone is 2. The van der Waals surface area contributed by atoms with E-state index in [-0.39, 0.29) is 11.9 Å². The Bertz CT molecular complexity index is 584. The van der Waals surface area contributed by atoms with Gasteiger partial charge in [-0.05, 0) is 35.8 Å². The van der Waals surface area contributed by atoms with Gasteiger partial charge in [0.25, 0.3) is 0 Å². The van der Waals surface area contributed by atoms with Crippen molar-refractivity contribution >= 4 is 5.78 Å².